The molecule has 3 aromatic carbocycles. The molecule has 0 aliphatic heterocycles. The van der Waals surface area contributed by atoms with Crippen LogP contribution in [-0.2, 0) is 17.9 Å². The van der Waals surface area contributed by atoms with Crippen molar-refractivity contribution in [1.82, 2.24) is 25.1 Å². The van der Waals surface area contributed by atoms with E-state index in [1.807, 2.05) is 78.5 Å². The molecule has 2 N–H and O–H groups in total. The molecule has 8 heteroatoms. The van der Waals surface area contributed by atoms with Gasteiger partial charge in [-0.1, -0.05) is 78.9 Å². The van der Waals surface area contributed by atoms with E-state index in [2.05, 4.69) is 39.9 Å². The Labute approximate surface area is 239 Å². The molecule has 2 aromatic heterocycles. The molecule has 8 nitrogen and oxygen atoms in total. The normalized spacial score (nSPS) is 16.8. The van der Waals surface area contributed by atoms with E-state index in [0.717, 1.165) is 59.1 Å². The van der Waals surface area contributed by atoms with Crippen molar-refractivity contribution in [3.05, 3.63) is 108 Å². The number of anilines is 1. The Kier molecular flexibility index (Phi) is 7.89. The molecule has 0 unspecified atom stereocenters. The summed E-state index contributed by atoms with van der Waals surface area (Å²) in [7, 11) is 0. The van der Waals surface area contributed by atoms with Crippen LogP contribution in [0, 0.1) is 6.92 Å². The van der Waals surface area contributed by atoms with Crippen LogP contribution in [0.3, 0.4) is 0 Å². The minimum absolute atomic E-state index is 0.0343. The number of nitrogens with zero attached hydrogens (tertiary/aromatic N) is 4. The molecule has 1 saturated carbocycles. The molecule has 6 rings (SSSR count). The second kappa shape index (κ2) is 12.2. The number of para-hydroxylation sites is 1. The number of rotatable bonds is 8. The van der Waals surface area contributed by atoms with Crippen molar-refractivity contribution in [1.29, 1.82) is 0 Å². The highest BCUT2D eigenvalue weighted by molar-refractivity contribution is 5.93. The van der Waals surface area contributed by atoms with Crippen LogP contribution in [-0.4, -0.2) is 37.9 Å². The van der Waals surface area contributed by atoms with E-state index in [9.17, 15) is 4.79 Å². The van der Waals surface area contributed by atoms with Crippen molar-refractivity contribution in [2.24, 2.45) is 0 Å². The summed E-state index contributed by atoms with van der Waals surface area (Å²) in [5.41, 5.74) is 5.87. The molecule has 0 radical (unpaired) electrons. The summed E-state index contributed by atoms with van der Waals surface area (Å²) in [6, 6.07) is 28.5. The summed E-state index contributed by atoms with van der Waals surface area (Å²) >= 11 is 0. The van der Waals surface area contributed by atoms with E-state index >= 15 is 0 Å². The Bertz CT molecular complexity index is 1620. The SMILES string of the molecule is Cc1cnc(N[C@@H]2CCC[C@H](NC(=O)OCc3ccccc3)C2)nc1-c1nn(Cc2ccccc2)c2ccccc12. The second-order valence-corrected chi connectivity index (χ2v) is 10.6. The van der Waals surface area contributed by atoms with Crippen molar-refractivity contribution in [3.63, 3.8) is 0 Å². The van der Waals surface area contributed by atoms with Gasteiger partial charge in [0, 0.05) is 23.7 Å². The number of amides is 1. The highest BCUT2D eigenvalue weighted by Gasteiger charge is 2.25. The Morgan fingerprint density at radius 2 is 1.61 bits per heavy atom. The predicted molar refractivity (Wildman–Crippen MR) is 160 cm³/mol. The molecule has 2 atom stereocenters. The highest BCUT2D eigenvalue weighted by atomic mass is 16.5. The van der Waals surface area contributed by atoms with Crippen molar-refractivity contribution in [3.8, 4) is 11.4 Å². The summed E-state index contributed by atoms with van der Waals surface area (Å²) in [6.07, 6.45) is 5.15. The molecule has 1 aliphatic carbocycles. The van der Waals surface area contributed by atoms with Gasteiger partial charge >= 0.3 is 6.09 Å². The van der Waals surface area contributed by atoms with E-state index in [-0.39, 0.29) is 24.8 Å². The van der Waals surface area contributed by atoms with E-state index in [1.54, 1.807) is 0 Å². The van der Waals surface area contributed by atoms with Gasteiger partial charge in [0.25, 0.3) is 0 Å². The van der Waals surface area contributed by atoms with Crippen LogP contribution in [0.1, 0.15) is 42.4 Å². The smallest absolute Gasteiger partial charge is 0.407 e. The average Bonchev–Trinajstić information content (AvgIpc) is 3.36. The molecule has 208 valence electrons. The third kappa shape index (κ3) is 6.38. The zero-order valence-electron chi connectivity index (χ0n) is 23.2. The number of carbonyl (C=O) groups excluding carboxylic acids is 1. The molecular formula is C33H34N6O2. The number of alkyl carbamates (subject to hydrolysis) is 1. The van der Waals surface area contributed by atoms with Gasteiger partial charge in [-0.25, -0.2) is 14.8 Å². The summed E-state index contributed by atoms with van der Waals surface area (Å²) in [5.74, 6) is 0.574. The largest absolute Gasteiger partial charge is 0.445 e. The van der Waals surface area contributed by atoms with Crippen molar-refractivity contribution in [2.75, 3.05) is 5.32 Å². The molecule has 1 fully saturated rings. The van der Waals surface area contributed by atoms with Gasteiger partial charge in [0.05, 0.1) is 17.8 Å². The van der Waals surface area contributed by atoms with Crippen LogP contribution in [0.25, 0.3) is 22.3 Å². The lowest BCUT2D eigenvalue weighted by Gasteiger charge is -2.30. The van der Waals surface area contributed by atoms with Crippen LogP contribution in [0.5, 0.6) is 0 Å². The van der Waals surface area contributed by atoms with Gasteiger partial charge in [0.2, 0.25) is 5.95 Å². The number of hydrogen-bond donors (Lipinski definition) is 2. The summed E-state index contributed by atoms with van der Waals surface area (Å²) in [6.45, 7) is 2.96. The monoisotopic (exact) mass is 546 g/mol. The zero-order valence-corrected chi connectivity index (χ0v) is 23.2. The number of aryl methyl sites for hydroxylation is 1. The summed E-state index contributed by atoms with van der Waals surface area (Å²) in [5, 5.41) is 12.7. The van der Waals surface area contributed by atoms with Gasteiger partial charge in [-0.15, -0.1) is 0 Å². The minimum Gasteiger partial charge on any atom is -0.445 e. The molecule has 1 aliphatic rings. The van der Waals surface area contributed by atoms with Crippen LogP contribution in [0.15, 0.2) is 91.1 Å². The number of fused-ring (bicyclic) bond motifs is 1. The second-order valence-electron chi connectivity index (χ2n) is 10.6. The third-order valence-electron chi connectivity index (χ3n) is 7.57. The number of ether oxygens (including phenoxy) is 1. The van der Waals surface area contributed by atoms with Crippen LogP contribution in [0.4, 0.5) is 10.7 Å². The zero-order chi connectivity index (χ0) is 28.0. The van der Waals surface area contributed by atoms with Gasteiger partial charge < -0.3 is 15.4 Å². The van der Waals surface area contributed by atoms with Crippen LogP contribution in [0.2, 0.25) is 0 Å². The topological polar surface area (TPSA) is 94.0 Å². The molecule has 0 bridgehead atoms. The molecule has 41 heavy (non-hydrogen) atoms. The van der Waals surface area contributed by atoms with Gasteiger partial charge in [-0.2, -0.15) is 5.10 Å². The van der Waals surface area contributed by atoms with E-state index in [1.165, 1.54) is 5.56 Å². The lowest BCUT2D eigenvalue weighted by molar-refractivity contribution is 0.132. The van der Waals surface area contributed by atoms with Crippen molar-refractivity contribution >= 4 is 22.9 Å². The number of aromatic nitrogens is 4. The van der Waals surface area contributed by atoms with E-state index in [0.29, 0.717) is 12.5 Å². The Morgan fingerprint density at radius 1 is 0.902 bits per heavy atom. The highest BCUT2D eigenvalue weighted by Crippen LogP contribution is 2.30. The summed E-state index contributed by atoms with van der Waals surface area (Å²) in [4.78, 5) is 22.0. The fourth-order valence-electron chi connectivity index (χ4n) is 5.50. The molecule has 5 aromatic rings. The molecular weight excluding hydrogens is 512 g/mol. The fraction of sp³-hybridized carbons (Fsp3) is 0.273. The lowest BCUT2D eigenvalue weighted by Crippen LogP contribution is -2.42. The van der Waals surface area contributed by atoms with Gasteiger partial charge in [0.15, 0.2) is 0 Å². The minimum atomic E-state index is -0.383. The quantitative estimate of drug-likeness (QED) is 0.231. The average molecular weight is 547 g/mol. The van der Waals surface area contributed by atoms with Gasteiger partial charge in [-0.05, 0) is 55.4 Å². The first-order valence-electron chi connectivity index (χ1n) is 14.2. The maximum absolute atomic E-state index is 12.4. The Hall–Kier alpha value is -4.72. The fourth-order valence-corrected chi connectivity index (χ4v) is 5.50. The number of nitrogens with one attached hydrogen (secondary N) is 2. The van der Waals surface area contributed by atoms with E-state index < -0.39 is 0 Å². The number of hydrogen-bond acceptors (Lipinski definition) is 6. The molecule has 0 spiro atoms. The molecule has 1 amide bonds. The first-order chi connectivity index (χ1) is 20.1. The van der Waals surface area contributed by atoms with E-state index in [4.69, 9.17) is 14.8 Å². The van der Waals surface area contributed by atoms with Crippen molar-refractivity contribution in [2.45, 2.75) is 57.8 Å². The van der Waals surface area contributed by atoms with Crippen LogP contribution < -0.4 is 10.6 Å². The summed E-state index contributed by atoms with van der Waals surface area (Å²) < 4.78 is 7.48. The number of benzene rings is 3. The molecule has 2 heterocycles. The lowest BCUT2D eigenvalue weighted by atomic mass is 9.91. The standard InChI is InChI=1S/C33H34N6O2/c1-23-20-34-32(35-26-15-10-16-27(19-26)36-33(40)41-22-25-13-6-3-7-14-25)37-30(23)31-28-17-8-9-18-29(28)39(38-31)21-24-11-4-2-5-12-24/h2-9,11-14,17-18,20,26-27H,10,15-16,19,21-22H2,1H3,(H,36,40)(H,34,35,37)/t26-,27+/m1/s1. The van der Waals surface area contributed by atoms with Gasteiger partial charge in [-0.3, -0.25) is 4.68 Å². The maximum Gasteiger partial charge on any atom is 0.407 e. The predicted octanol–water partition coefficient (Wildman–Crippen LogP) is 6.50. The van der Waals surface area contributed by atoms with Crippen LogP contribution >= 0.6 is 0 Å². The maximum atomic E-state index is 12.4. The first kappa shape index (κ1) is 26.5. The first-order valence-corrected chi connectivity index (χ1v) is 14.2. The Balaban J connectivity index is 1.15. The number of carbonyl (C=O) groups is 1. The Morgan fingerprint density at radius 3 is 2.41 bits per heavy atom. The van der Waals surface area contributed by atoms with Crippen molar-refractivity contribution < 1.29 is 9.53 Å². The van der Waals surface area contributed by atoms with Gasteiger partial charge in [0.1, 0.15) is 12.3 Å². The molecule has 0 saturated heterocycles. The third-order valence-corrected chi connectivity index (χ3v) is 7.57.